The van der Waals surface area contributed by atoms with Crippen molar-refractivity contribution in [1.82, 2.24) is 9.55 Å². The summed E-state index contributed by atoms with van der Waals surface area (Å²) >= 11 is 4.38. The topological polar surface area (TPSA) is 125 Å². The molecule has 0 unspecified atom stereocenters. The van der Waals surface area contributed by atoms with Crippen LogP contribution in [0.2, 0.25) is 0 Å². The Bertz CT molecular complexity index is 646. The number of nitrogens with zero attached hydrogens (tertiary/aromatic N) is 1. The molecule has 2 rings (SSSR count). The standard InChI is InChI=1S/C10H10N2O6S/c13-4(3-19)8-6(15)7(16)9(18-8)12-2-1-5(14)11-10(12)17/h1-2,6-9,13,15-16H,(H,11,14,17)/t6-,7+,8+,9+/m0/s1. The third-order valence-corrected chi connectivity index (χ3v) is 2.95. The van der Waals surface area contributed by atoms with Crippen molar-refractivity contribution < 1.29 is 20.1 Å². The van der Waals surface area contributed by atoms with Gasteiger partial charge in [-0.15, -0.1) is 0 Å². The molecule has 0 bridgehead atoms. The van der Waals surface area contributed by atoms with Crippen LogP contribution in [0.3, 0.4) is 0 Å². The van der Waals surface area contributed by atoms with Crippen LogP contribution in [0.1, 0.15) is 6.23 Å². The Labute approximate surface area is 111 Å². The van der Waals surface area contributed by atoms with Crippen LogP contribution >= 0.6 is 12.2 Å². The summed E-state index contributed by atoms with van der Waals surface area (Å²) in [6.45, 7) is 0. The fourth-order valence-corrected chi connectivity index (χ4v) is 1.92. The Kier molecular flexibility index (Phi) is 3.65. The van der Waals surface area contributed by atoms with Crippen molar-refractivity contribution in [2.75, 3.05) is 0 Å². The first kappa shape index (κ1) is 13.7. The minimum absolute atomic E-state index is 0.554. The van der Waals surface area contributed by atoms with Gasteiger partial charge in [-0.2, -0.15) is 0 Å². The summed E-state index contributed by atoms with van der Waals surface area (Å²) in [7, 11) is 0. The number of aliphatic hydroxyl groups excluding tert-OH is 3. The van der Waals surface area contributed by atoms with Crippen molar-refractivity contribution in [3.05, 3.63) is 38.9 Å². The molecule has 2 heterocycles. The van der Waals surface area contributed by atoms with Crippen LogP contribution in [0.5, 0.6) is 0 Å². The number of nitrogens with one attached hydrogen (secondary N) is 1. The SMILES string of the molecule is O=c1ccn([C@@H]2O[C@H](C(O)=C=S)[C@@H](O)[C@H]2O)c(=O)[nH]1. The van der Waals surface area contributed by atoms with Gasteiger partial charge in [0.05, 0.1) is 0 Å². The highest BCUT2D eigenvalue weighted by molar-refractivity contribution is 7.78. The van der Waals surface area contributed by atoms with Gasteiger partial charge in [0, 0.05) is 12.3 Å². The van der Waals surface area contributed by atoms with Gasteiger partial charge in [0.1, 0.15) is 12.2 Å². The van der Waals surface area contributed by atoms with Crippen LogP contribution in [-0.4, -0.2) is 48.2 Å². The maximum Gasteiger partial charge on any atom is 0.330 e. The second-order valence-electron chi connectivity index (χ2n) is 3.93. The van der Waals surface area contributed by atoms with E-state index >= 15 is 0 Å². The highest BCUT2D eigenvalue weighted by Crippen LogP contribution is 2.30. The highest BCUT2D eigenvalue weighted by atomic mass is 32.1. The highest BCUT2D eigenvalue weighted by Gasteiger charge is 2.46. The zero-order valence-corrected chi connectivity index (χ0v) is 10.2. The van der Waals surface area contributed by atoms with Crippen molar-refractivity contribution in [3.63, 3.8) is 0 Å². The summed E-state index contributed by atoms with van der Waals surface area (Å²) in [5.41, 5.74) is -1.41. The van der Waals surface area contributed by atoms with Crippen molar-refractivity contribution in [2.45, 2.75) is 24.5 Å². The number of aliphatic hydroxyl groups is 3. The normalized spacial score (nSPS) is 30.0. The second-order valence-corrected chi connectivity index (χ2v) is 4.14. The monoisotopic (exact) mass is 286 g/mol. The summed E-state index contributed by atoms with van der Waals surface area (Å²) in [5.74, 6) is -0.554. The number of hydrogen-bond donors (Lipinski definition) is 4. The van der Waals surface area contributed by atoms with E-state index in [2.05, 4.69) is 12.2 Å². The smallest absolute Gasteiger partial charge is 0.330 e. The summed E-state index contributed by atoms with van der Waals surface area (Å²) < 4.78 is 6.06. The van der Waals surface area contributed by atoms with Gasteiger partial charge in [-0.1, -0.05) is 0 Å². The fraction of sp³-hybridized carbons (Fsp3) is 0.400. The van der Waals surface area contributed by atoms with Crippen LogP contribution in [0, 0.1) is 0 Å². The number of aromatic amines is 1. The molecule has 1 fully saturated rings. The molecule has 0 aromatic carbocycles. The molecule has 1 saturated heterocycles. The molecule has 102 valence electrons. The number of thiocarbonyl (C=S) groups is 1. The van der Waals surface area contributed by atoms with E-state index in [0.29, 0.717) is 0 Å². The predicted molar refractivity (Wildman–Crippen MR) is 66.0 cm³/mol. The third-order valence-electron chi connectivity index (χ3n) is 2.74. The maximum atomic E-state index is 11.6. The second kappa shape index (κ2) is 5.08. The molecule has 0 spiro atoms. The van der Waals surface area contributed by atoms with Gasteiger partial charge in [-0.05, 0) is 17.2 Å². The van der Waals surface area contributed by atoms with E-state index in [1.807, 2.05) is 10.0 Å². The Morgan fingerprint density at radius 2 is 2.11 bits per heavy atom. The van der Waals surface area contributed by atoms with E-state index in [0.717, 1.165) is 16.8 Å². The van der Waals surface area contributed by atoms with Crippen molar-refractivity contribution in [2.24, 2.45) is 0 Å². The number of ether oxygens (including phenoxy) is 1. The van der Waals surface area contributed by atoms with Crippen LogP contribution in [0.4, 0.5) is 0 Å². The Morgan fingerprint density at radius 3 is 2.68 bits per heavy atom. The lowest BCUT2D eigenvalue weighted by atomic mass is 10.1. The molecular weight excluding hydrogens is 276 g/mol. The molecule has 1 aromatic rings. The molecule has 4 atom stereocenters. The first-order valence-electron chi connectivity index (χ1n) is 5.22. The lowest BCUT2D eigenvalue weighted by Gasteiger charge is -2.16. The van der Waals surface area contributed by atoms with E-state index in [1.54, 1.807) is 0 Å². The van der Waals surface area contributed by atoms with Crippen LogP contribution in [0.15, 0.2) is 27.6 Å². The van der Waals surface area contributed by atoms with E-state index in [4.69, 9.17) is 4.74 Å². The summed E-state index contributed by atoms with van der Waals surface area (Å²) in [6, 6.07) is 1.06. The molecule has 0 aliphatic carbocycles. The molecule has 8 nitrogen and oxygen atoms in total. The van der Waals surface area contributed by atoms with Gasteiger partial charge >= 0.3 is 5.69 Å². The van der Waals surface area contributed by atoms with Gasteiger partial charge < -0.3 is 20.1 Å². The van der Waals surface area contributed by atoms with Gasteiger partial charge in [0.2, 0.25) is 0 Å². The maximum absolute atomic E-state index is 11.6. The molecular formula is C10H10N2O6S. The van der Waals surface area contributed by atoms with Crippen LogP contribution < -0.4 is 11.2 Å². The Morgan fingerprint density at radius 1 is 1.42 bits per heavy atom. The van der Waals surface area contributed by atoms with Crippen molar-refractivity contribution in [1.29, 1.82) is 0 Å². The van der Waals surface area contributed by atoms with E-state index in [9.17, 15) is 24.9 Å². The zero-order chi connectivity index (χ0) is 14.2. The number of aromatic nitrogens is 2. The molecule has 0 saturated carbocycles. The lowest BCUT2D eigenvalue weighted by molar-refractivity contribution is -0.0381. The molecule has 19 heavy (non-hydrogen) atoms. The molecule has 1 aliphatic rings. The van der Waals surface area contributed by atoms with Gasteiger partial charge in [0.25, 0.3) is 5.56 Å². The average Bonchev–Trinajstić information content (AvgIpc) is 2.66. The molecule has 4 N–H and O–H groups in total. The van der Waals surface area contributed by atoms with Crippen LogP contribution in [0.25, 0.3) is 0 Å². The molecule has 0 radical (unpaired) electrons. The van der Waals surface area contributed by atoms with E-state index in [1.165, 1.54) is 0 Å². The molecule has 1 aliphatic heterocycles. The minimum Gasteiger partial charge on any atom is -0.502 e. The number of H-pyrrole nitrogens is 1. The van der Waals surface area contributed by atoms with E-state index < -0.39 is 41.5 Å². The Hall–Kier alpha value is -1.77. The molecule has 0 amide bonds. The summed E-state index contributed by atoms with van der Waals surface area (Å²) in [4.78, 5) is 24.5. The van der Waals surface area contributed by atoms with Crippen LogP contribution in [-0.2, 0) is 4.74 Å². The Balaban J connectivity index is 2.39. The molecule has 9 heteroatoms. The van der Waals surface area contributed by atoms with Crippen molar-refractivity contribution in [3.8, 4) is 0 Å². The quantitative estimate of drug-likeness (QED) is 0.373. The first-order valence-corrected chi connectivity index (χ1v) is 5.63. The first-order chi connectivity index (χ1) is 8.95. The lowest BCUT2D eigenvalue weighted by Crippen LogP contribution is -2.37. The van der Waals surface area contributed by atoms with E-state index in [-0.39, 0.29) is 0 Å². The zero-order valence-electron chi connectivity index (χ0n) is 9.39. The third kappa shape index (κ3) is 2.37. The number of hydrogen-bond acceptors (Lipinski definition) is 7. The predicted octanol–water partition coefficient (Wildman–Crippen LogP) is -1.80. The van der Waals surface area contributed by atoms with Gasteiger partial charge in [-0.3, -0.25) is 14.3 Å². The average molecular weight is 286 g/mol. The van der Waals surface area contributed by atoms with Gasteiger partial charge in [-0.25, -0.2) is 4.79 Å². The minimum atomic E-state index is -1.47. The van der Waals surface area contributed by atoms with Crippen molar-refractivity contribution >= 4 is 17.2 Å². The largest absolute Gasteiger partial charge is 0.502 e. The number of rotatable bonds is 2. The molecule has 1 aromatic heterocycles. The fourth-order valence-electron chi connectivity index (χ4n) is 1.80. The summed E-state index contributed by atoms with van der Waals surface area (Å²) in [6.07, 6.45) is -4.37. The summed E-state index contributed by atoms with van der Waals surface area (Å²) in [5, 5.41) is 30.9. The van der Waals surface area contributed by atoms with Gasteiger partial charge in [0.15, 0.2) is 18.1 Å².